The standard InChI is InChI=1S/C41H52N12O6/c1-2-18-56-22-24-59-25-23-57-19-11-43-39-45-40(47-41(46-39)52-16-20-58-21-17-52)51-14-12-50(13-15-51)38(55)37(28-32-27-31-5-3-4-6-35(31)44-32)53-29-36(48-49-53)34(42)26-30-7-9-33(54)10-8-30/h1,3-10,27,29,34,37,44,54H,11-26,28,42H2,(H,43,45,46,47)/t34-,37-/m0/s1. The fourth-order valence-electron chi connectivity index (χ4n) is 6.97. The number of nitrogens with one attached hydrogen (secondary N) is 2. The molecule has 0 aliphatic carbocycles. The van der Waals surface area contributed by atoms with Gasteiger partial charge in [0.2, 0.25) is 23.8 Å². The van der Waals surface area contributed by atoms with E-state index < -0.39 is 12.1 Å². The summed E-state index contributed by atoms with van der Waals surface area (Å²) in [5, 5.41) is 22.9. The van der Waals surface area contributed by atoms with Gasteiger partial charge < -0.3 is 54.8 Å². The van der Waals surface area contributed by atoms with Gasteiger partial charge in [-0.3, -0.25) is 4.79 Å². The van der Waals surface area contributed by atoms with Gasteiger partial charge in [-0.25, -0.2) is 4.68 Å². The van der Waals surface area contributed by atoms with E-state index in [4.69, 9.17) is 46.1 Å². The molecule has 3 aromatic heterocycles. The molecular formula is C41H52N12O6. The molecule has 312 valence electrons. The number of terminal acetylenes is 1. The number of nitrogens with zero attached hydrogens (tertiary/aromatic N) is 9. The number of nitrogens with two attached hydrogens (primary N) is 1. The van der Waals surface area contributed by atoms with E-state index in [2.05, 4.69) is 42.4 Å². The number of hydrogen-bond acceptors (Lipinski definition) is 15. The highest BCUT2D eigenvalue weighted by molar-refractivity contribution is 5.83. The van der Waals surface area contributed by atoms with Gasteiger partial charge in [-0.2, -0.15) is 15.0 Å². The summed E-state index contributed by atoms with van der Waals surface area (Å²) in [6.45, 7) is 7.47. The molecule has 59 heavy (non-hydrogen) atoms. The largest absolute Gasteiger partial charge is 0.508 e. The highest BCUT2D eigenvalue weighted by atomic mass is 16.5. The number of ether oxygens (including phenoxy) is 4. The third kappa shape index (κ3) is 11.4. The number of anilines is 3. The first-order valence-corrected chi connectivity index (χ1v) is 20.0. The number of aromatic hydroxyl groups is 1. The first-order valence-electron chi connectivity index (χ1n) is 20.0. The number of para-hydroxylation sites is 1. The molecule has 0 spiro atoms. The number of amides is 1. The van der Waals surface area contributed by atoms with Crippen LogP contribution in [0.15, 0.2) is 60.8 Å². The zero-order valence-corrected chi connectivity index (χ0v) is 33.1. The summed E-state index contributed by atoms with van der Waals surface area (Å²) >= 11 is 0. The van der Waals surface area contributed by atoms with Gasteiger partial charge >= 0.3 is 0 Å². The maximum atomic E-state index is 14.5. The van der Waals surface area contributed by atoms with Crippen LogP contribution in [0, 0.1) is 12.3 Å². The molecular weight excluding hydrogens is 757 g/mol. The molecule has 0 bridgehead atoms. The van der Waals surface area contributed by atoms with Gasteiger partial charge in [-0.15, -0.1) is 11.5 Å². The summed E-state index contributed by atoms with van der Waals surface area (Å²) in [5.74, 6) is 4.11. The van der Waals surface area contributed by atoms with Crippen molar-refractivity contribution in [1.82, 2.24) is 39.8 Å². The van der Waals surface area contributed by atoms with Crippen molar-refractivity contribution in [1.29, 1.82) is 0 Å². The molecule has 2 saturated heterocycles. The molecule has 2 aliphatic heterocycles. The molecule has 2 aromatic carbocycles. The second-order valence-corrected chi connectivity index (χ2v) is 14.3. The van der Waals surface area contributed by atoms with Crippen molar-refractivity contribution in [2.45, 2.75) is 24.9 Å². The number of hydrogen-bond donors (Lipinski definition) is 4. The van der Waals surface area contributed by atoms with E-state index in [-0.39, 0.29) is 18.3 Å². The van der Waals surface area contributed by atoms with Gasteiger partial charge in [0.05, 0.1) is 64.2 Å². The predicted octanol–water partition coefficient (Wildman–Crippen LogP) is 1.96. The van der Waals surface area contributed by atoms with Gasteiger partial charge in [-0.05, 0) is 41.6 Å². The second kappa shape index (κ2) is 20.7. The predicted molar refractivity (Wildman–Crippen MR) is 221 cm³/mol. The Morgan fingerprint density at radius 2 is 1.59 bits per heavy atom. The number of H-pyrrole nitrogens is 1. The molecule has 0 radical (unpaired) electrons. The second-order valence-electron chi connectivity index (χ2n) is 14.3. The normalized spacial score (nSPS) is 15.6. The topological polar surface area (TPSA) is 207 Å². The van der Waals surface area contributed by atoms with Crippen molar-refractivity contribution in [2.75, 3.05) is 114 Å². The number of aromatic nitrogens is 7. The number of piperazine rings is 1. The van der Waals surface area contributed by atoms with Gasteiger partial charge in [-0.1, -0.05) is 41.5 Å². The molecule has 5 heterocycles. The number of morpholine rings is 1. The van der Waals surface area contributed by atoms with Crippen LogP contribution < -0.4 is 20.9 Å². The van der Waals surface area contributed by atoms with Crippen LogP contribution in [0.4, 0.5) is 17.8 Å². The lowest BCUT2D eigenvalue weighted by Gasteiger charge is -2.36. The summed E-state index contributed by atoms with van der Waals surface area (Å²) in [6, 6.07) is 15.9. The number of carbonyl (C=O) groups excluding carboxylic acids is 1. The van der Waals surface area contributed by atoms with Gasteiger partial charge in [0, 0.05) is 63.4 Å². The Labute approximate surface area is 343 Å². The molecule has 0 unspecified atom stereocenters. The summed E-state index contributed by atoms with van der Waals surface area (Å²) in [5.41, 5.74) is 10.0. The number of carbonyl (C=O) groups is 1. The molecule has 1 amide bonds. The molecule has 7 rings (SSSR count). The van der Waals surface area contributed by atoms with Crippen LogP contribution in [-0.2, 0) is 36.6 Å². The first kappa shape index (κ1) is 41.3. The van der Waals surface area contributed by atoms with Crippen LogP contribution in [0.3, 0.4) is 0 Å². The van der Waals surface area contributed by atoms with Gasteiger partial charge in [0.1, 0.15) is 18.4 Å². The van der Waals surface area contributed by atoms with E-state index in [0.717, 1.165) is 22.2 Å². The van der Waals surface area contributed by atoms with E-state index >= 15 is 0 Å². The Balaban J connectivity index is 1.00. The fraction of sp³-hybridized carbons (Fsp3) is 0.463. The lowest BCUT2D eigenvalue weighted by Crippen LogP contribution is -2.51. The van der Waals surface area contributed by atoms with Crippen LogP contribution in [0.1, 0.15) is 29.0 Å². The Bertz CT molecular complexity index is 2090. The van der Waals surface area contributed by atoms with Crippen LogP contribution in [-0.4, -0.2) is 150 Å². The molecule has 5 aromatic rings. The van der Waals surface area contributed by atoms with Crippen LogP contribution in [0.5, 0.6) is 5.75 Å². The van der Waals surface area contributed by atoms with Crippen molar-refractivity contribution in [3.8, 4) is 18.1 Å². The first-order chi connectivity index (χ1) is 28.9. The third-order valence-corrected chi connectivity index (χ3v) is 10.1. The van der Waals surface area contributed by atoms with Crippen molar-refractivity contribution in [3.05, 3.63) is 77.7 Å². The molecule has 0 saturated carbocycles. The lowest BCUT2D eigenvalue weighted by atomic mass is 10.0. The SMILES string of the molecule is C#CCOCCOCCOCCNc1nc(N2CCOCC2)nc(N2CCN(C(=O)[C@H](Cc3cc4ccccc4[nH]3)n3cc([C@@H](N)Cc4ccc(O)cc4)nn3)CC2)n1. The van der Waals surface area contributed by atoms with Crippen LogP contribution in [0.2, 0.25) is 0 Å². The van der Waals surface area contributed by atoms with Crippen molar-refractivity contribution >= 4 is 34.7 Å². The summed E-state index contributed by atoms with van der Waals surface area (Å²) in [4.78, 5) is 38.4. The Kier molecular flexibility index (Phi) is 14.5. The Morgan fingerprint density at radius 3 is 2.32 bits per heavy atom. The Morgan fingerprint density at radius 1 is 0.898 bits per heavy atom. The monoisotopic (exact) mass is 808 g/mol. The minimum atomic E-state index is -0.667. The quantitative estimate of drug-likeness (QED) is 0.0655. The van der Waals surface area contributed by atoms with Crippen molar-refractivity contribution in [2.24, 2.45) is 5.73 Å². The molecule has 2 aliphatic rings. The average Bonchev–Trinajstić information content (AvgIpc) is 3.93. The minimum absolute atomic E-state index is 0.0681. The number of rotatable bonds is 20. The Hall–Kier alpha value is -5.84. The average molecular weight is 809 g/mol. The van der Waals surface area contributed by atoms with E-state index in [1.807, 2.05) is 41.3 Å². The van der Waals surface area contributed by atoms with Crippen LogP contribution >= 0.6 is 0 Å². The maximum Gasteiger partial charge on any atom is 0.248 e. The fourth-order valence-corrected chi connectivity index (χ4v) is 6.97. The number of aromatic amines is 1. The zero-order chi connectivity index (χ0) is 40.8. The molecule has 2 atom stereocenters. The highest BCUT2D eigenvalue weighted by Crippen LogP contribution is 2.25. The van der Waals surface area contributed by atoms with Crippen molar-refractivity contribution < 1.29 is 28.8 Å². The van der Waals surface area contributed by atoms with Gasteiger partial charge in [0.25, 0.3) is 0 Å². The lowest BCUT2D eigenvalue weighted by molar-refractivity contribution is -0.135. The third-order valence-electron chi connectivity index (χ3n) is 10.1. The summed E-state index contributed by atoms with van der Waals surface area (Å²) < 4.78 is 23.6. The molecule has 5 N–H and O–H groups in total. The van der Waals surface area contributed by atoms with E-state index in [0.29, 0.717) is 128 Å². The highest BCUT2D eigenvalue weighted by Gasteiger charge is 2.32. The van der Waals surface area contributed by atoms with Gasteiger partial charge in [0.15, 0.2) is 0 Å². The smallest absolute Gasteiger partial charge is 0.248 e. The number of phenols is 1. The van der Waals surface area contributed by atoms with Crippen LogP contribution in [0.25, 0.3) is 10.9 Å². The molecule has 18 heteroatoms. The van der Waals surface area contributed by atoms with E-state index in [9.17, 15) is 9.90 Å². The number of phenolic OH excluding ortho intramolecular Hbond substituents is 1. The summed E-state index contributed by atoms with van der Waals surface area (Å²) in [7, 11) is 0. The minimum Gasteiger partial charge on any atom is -0.508 e. The number of fused-ring (bicyclic) bond motifs is 1. The number of benzene rings is 2. The zero-order valence-electron chi connectivity index (χ0n) is 33.1. The maximum absolute atomic E-state index is 14.5. The summed E-state index contributed by atoms with van der Waals surface area (Å²) in [6.07, 6.45) is 7.83. The van der Waals surface area contributed by atoms with E-state index in [1.165, 1.54) is 0 Å². The van der Waals surface area contributed by atoms with Crippen molar-refractivity contribution in [3.63, 3.8) is 0 Å². The molecule has 18 nitrogen and oxygen atoms in total. The van der Waals surface area contributed by atoms with E-state index in [1.54, 1.807) is 23.0 Å². The molecule has 2 fully saturated rings.